The number of para-hydroxylation sites is 1. The number of fused-ring (bicyclic) bond motifs is 1. The lowest BCUT2D eigenvalue weighted by atomic mass is 10.2. The van der Waals surface area contributed by atoms with Crippen LogP contribution in [-0.2, 0) is 6.61 Å². The molecule has 0 aliphatic rings. The summed E-state index contributed by atoms with van der Waals surface area (Å²) in [6.07, 6.45) is 1.83. The summed E-state index contributed by atoms with van der Waals surface area (Å²) < 4.78 is 7.82. The van der Waals surface area contributed by atoms with E-state index in [-0.39, 0.29) is 0 Å². The zero-order valence-electron chi connectivity index (χ0n) is 15.5. The Bertz CT molecular complexity index is 1240. The van der Waals surface area contributed by atoms with Crippen molar-refractivity contribution in [3.63, 3.8) is 0 Å². The minimum absolute atomic E-state index is 0.328. The van der Waals surface area contributed by atoms with Crippen molar-refractivity contribution in [2.75, 3.05) is 0 Å². The van der Waals surface area contributed by atoms with E-state index in [0.717, 1.165) is 25.7 Å². The van der Waals surface area contributed by atoms with Gasteiger partial charge in [0, 0.05) is 15.6 Å². The van der Waals surface area contributed by atoms with Gasteiger partial charge in [0.25, 0.3) is 0 Å². The van der Waals surface area contributed by atoms with Gasteiger partial charge in [-0.05, 0) is 59.8 Å². The maximum Gasteiger partial charge on any atom is 0.156 e. The molecule has 4 rings (SSSR count). The number of allylic oxidation sites excluding steroid dienone is 1. The maximum atomic E-state index is 9.58. The second-order valence-corrected chi connectivity index (χ2v) is 9.43. The molecule has 0 spiro atoms. The summed E-state index contributed by atoms with van der Waals surface area (Å²) in [5.74, 6) is 0.692. The molecule has 4 aromatic rings. The van der Waals surface area contributed by atoms with Crippen molar-refractivity contribution in [2.24, 2.45) is 0 Å². The van der Waals surface area contributed by atoms with Gasteiger partial charge >= 0.3 is 0 Å². The van der Waals surface area contributed by atoms with Crippen molar-refractivity contribution < 1.29 is 4.74 Å². The summed E-state index contributed by atoms with van der Waals surface area (Å²) in [7, 11) is 0. The molecular formula is C23H14Cl2N2OS2. The van der Waals surface area contributed by atoms with Crippen LogP contribution in [0, 0.1) is 11.3 Å². The van der Waals surface area contributed by atoms with Crippen molar-refractivity contribution in [3.8, 4) is 11.8 Å². The summed E-state index contributed by atoms with van der Waals surface area (Å²) in [5.41, 5.74) is 2.67. The fraction of sp³-hybridized carbons (Fsp3) is 0.0435. The highest BCUT2D eigenvalue weighted by Gasteiger charge is 2.08. The standard InChI is InChI=1S/C23H14Cl2N2OS2/c24-17-9-8-16(20(25)12-17)14-28-18-5-3-4-15(10-18)11-19(13-26)29-23-27-21-6-1-2-7-22(21)30-23/h1-12H,14H2. The van der Waals surface area contributed by atoms with Crippen molar-refractivity contribution >= 4 is 62.6 Å². The zero-order valence-corrected chi connectivity index (χ0v) is 18.7. The number of benzene rings is 3. The summed E-state index contributed by atoms with van der Waals surface area (Å²) in [4.78, 5) is 5.14. The summed E-state index contributed by atoms with van der Waals surface area (Å²) in [5, 5.41) is 10.7. The Morgan fingerprint density at radius 3 is 2.77 bits per heavy atom. The zero-order chi connectivity index (χ0) is 20.9. The highest BCUT2D eigenvalue weighted by atomic mass is 35.5. The second-order valence-electron chi connectivity index (χ2n) is 6.27. The molecule has 0 amide bonds. The molecule has 0 saturated heterocycles. The fourth-order valence-electron chi connectivity index (χ4n) is 2.72. The van der Waals surface area contributed by atoms with Gasteiger partial charge in [0.15, 0.2) is 4.34 Å². The van der Waals surface area contributed by atoms with Crippen LogP contribution in [0.25, 0.3) is 16.3 Å². The van der Waals surface area contributed by atoms with E-state index in [1.165, 1.54) is 11.8 Å². The quantitative estimate of drug-likeness (QED) is 0.213. The third-order valence-corrected chi connectivity index (χ3v) is 6.76. The van der Waals surface area contributed by atoms with Gasteiger partial charge < -0.3 is 4.74 Å². The second kappa shape index (κ2) is 9.55. The van der Waals surface area contributed by atoms with E-state index in [9.17, 15) is 5.26 Å². The summed E-state index contributed by atoms with van der Waals surface area (Å²) >= 11 is 15.1. The Morgan fingerprint density at radius 1 is 1.10 bits per heavy atom. The van der Waals surface area contributed by atoms with Crippen LogP contribution < -0.4 is 4.74 Å². The van der Waals surface area contributed by atoms with Crippen LogP contribution in [0.4, 0.5) is 0 Å². The first-order valence-electron chi connectivity index (χ1n) is 8.93. The lowest BCUT2D eigenvalue weighted by molar-refractivity contribution is 0.306. The molecule has 3 aromatic carbocycles. The summed E-state index contributed by atoms with van der Waals surface area (Å²) in [6, 6.07) is 23.1. The highest BCUT2D eigenvalue weighted by Crippen LogP contribution is 2.34. The molecule has 0 unspecified atom stereocenters. The molecule has 30 heavy (non-hydrogen) atoms. The first kappa shape index (κ1) is 20.8. The van der Waals surface area contributed by atoms with E-state index in [1.807, 2.05) is 60.7 Å². The SMILES string of the molecule is N#CC(=Cc1cccc(OCc2ccc(Cl)cc2Cl)c1)Sc1nc2ccccc2s1. The number of thiazole rings is 1. The molecule has 148 valence electrons. The molecule has 0 bridgehead atoms. The molecule has 0 N–H and O–H groups in total. The molecule has 1 heterocycles. The number of ether oxygens (including phenoxy) is 1. The first-order valence-corrected chi connectivity index (χ1v) is 11.3. The number of hydrogen-bond acceptors (Lipinski definition) is 5. The Balaban J connectivity index is 1.48. The topological polar surface area (TPSA) is 45.9 Å². The average molecular weight is 469 g/mol. The van der Waals surface area contributed by atoms with E-state index in [2.05, 4.69) is 11.1 Å². The van der Waals surface area contributed by atoms with E-state index in [0.29, 0.717) is 27.3 Å². The number of halogens is 2. The highest BCUT2D eigenvalue weighted by molar-refractivity contribution is 8.05. The van der Waals surface area contributed by atoms with Crippen LogP contribution >= 0.6 is 46.3 Å². The lowest BCUT2D eigenvalue weighted by Gasteiger charge is -2.09. The average Bonchev–Trinajstić information content (AvgIpc) is 3.15. The van der Waals surface area contributed by atoms with Crippen LogP contribution in [0.2, 0.25) is 10.0 Å². The Kier molecular flexibility index (Phi) is 6.61. The molecule has 1 aromatic heterocycles. The predicted octanol–water partition coefficient (Wildman–Crippen LogP) is 7.84. The van der Waals surface area contributed by atoms with Gasteiger partial charge in [0.1, 0.15) is 18.4 Å². The molecule has 0 aliphatic heterocycles. The maximum absolute atomic E-state index is 9.58. The van der Waals surface area contributed by atoms with E-state index in [1.54, 1.807) is 23.5 Å². The van der Waals surface area contributed by atoms with Gasteiger partial charge in [0.2, 0.25) is 0 Å². The third kappa shape index (κ3) is 5.16. The van der Waals surface area contributed by atoms with Crippen LogP contribution in [0.15, 0.2) is 76.0 Å². The van der Waals surface area contributed by atoms with Crippen molar-refractivity contribution in [1.82, 2.24) is 4.98 Å². The number of aromatic nitrogens is 1. The van der Waals surface area contributed by atoms with Crippen molar-refractivity contribution in [2.45, 2.75) is 10.9 Å². The first-order chi connectivity index (χ1) is 14.6. The van der Waals surface area contributed by atoms with Gasteiger partial charge in [-0.1, -0.05) is 53.5 Å². The molecule has 0 atom stereocenters. The number of thioether (sulfide) groups is 1. The molecule has 3 nitrogen and oxygen atoms in total. The Morgan fingerprint density at radius 2 is 1.97 bits per heavy atom. The summed E-state index contributed by atoms with van der Waals surface area (Å²) in [6.45, 7) is 0.328. The Labute approximate surface area is 192 Å². The van der Waals surface area contributed by atoms with E-state index in [4.69, 9.17) is 27.9 Å². The molecular weight excluding hydrogens is 455 g/mol. The number of rotatable bonds is 6. The largest absolute Gasteiger partial charge is 0.489 e. The fourth-order valence-corrected chi connectivity index (χ4v) is 5.16. The molecule has 0 saturated carbocycles. The monoisotopic (exact) mass is 468 g/mol. The van der Waals surface area contributed by atoms with Gasteiger partial charge in [-0.25, -0.2) is 4.98 Å². The molecule has 0 aliphatic carbocycles. The van der Waals surface area contributed by atoms with Crippen LogP contribution in [0.3, 0.4) is 0 Å². The van der Waals surface area contributed by atoms with Crippen molar-refractivity contribution in [3.05, 3.63) is 92.8 Å². The normalized spacial score (nSPS) is 11.4. The van der Waals surface area contributed by atoms with Gasteiger partial charge in [-0.3, -0.25) is 0 Å². The van der Waals surface area contributed by atoms with E-state index >= 15 is 0 Å². The number of hydrogen-bond donors (Lipinski definition) is 0. The van der Waals surface area contributed by atoms with Gasteiger partial charge in [-0.15, -0.1) is 11.3 Å². The van der Waals surface area contributed by atoms with Gasteiger partial charge in [-0.2, -0.15) is 5.26 Å². The third-order valence-electron chi connectivity index (χ3n) is 4.15. The van der Waals surface area contributed by atoms with E-state index < -0.39 is 0 Å². The molecule has 0 fully saturated rings. The molecule has 0 radical (unpaired) electrons. The Hall–Kier alpha value is -2.49. The van der Waals surface area contributed by atoms with Crippen LogP contribution in [0.5, 0.6) is 5.75 Å². The number of nitrogens with zero attached hydrogens (tertiary/aromatic N) is 2. The van der Waals surface area contributed by atoms with Crippen LogP contribution in [-0.4, -0.2) is 4.98 Å². The smallest absolute Gasteiger partial charge is 0.156 e. The minimum atomic E-state index is 0.328. The van der Waals surface area contributed by atoms with Crippen molar-refractivity contribution in [1.29, 1.82) is 5.26 Å². The van der Waals surface area contributed by atoms with Gasteiger partial charge in [0.05, 0.1) is 15.1 Å². The predicted molar refractivity (Wildman–Crippen MR) is 126 cm³/mol. The lowest BCUT2D eigenvalue weighted by Crippen LogP contribution is -1.96. The minimum Gasteiger partial charge on any atom is -0.489 e. The molecule has 7 heteroatoms. The number of nitriles is 1. The van der Waals surface area contributed by atoms with Crippen LogP contribution in [0.1, 0.15) is 11.1 Å².